The second-order valence-corrected chi connectivity index (χ2v) is 7.25. The van der Waals surface area contributed by atoms with E-state index in [0.29, 0.717) is 11.6 Å². The van der Waals surface area contributed by atoms with Crippen LogP contribution in [0.4, 0.5) is 0 Å². The number of thiophene rings is 1. The van der Waals surface area contributed by atoms with Gasteiger partial charge < -0.3 is 5.32 Å². The van der Waals surface area contributed by atoms with Crippen molar-refractivity contribution >= 4 is 11.3 Å². The van der Waals surface area contributed by atoms with Crippen LogP contribution in [-0.2, 0) is 6.42 Å². The first-order valence-electron chi connectivity index (χ1n) is 7.07. The fraction of sp³-hybridized carbons (Fsp3) is 0.733. The van der Waals surface area contributed by atoms with Crippen molar-refractivity contribution in [3.63, 3.8) is 0 Å². The topological polar surface area (TPSA) is 15.3 Å². The minimum Gasteiger partial charge on any atom is -0.309 e. The number of aryl methyl sites for hydroxylation is 1. The molecule has 1 N–H and O–H groups in total. The summed E-state index contributed by atoms with van der Waals surface area (Å²) in [4.78, 5) is 5.60. The molecule has 0 radical (unpaired) electrons. The largest absolute Gasteiger partial charge is 0.309 e. The zero-order valence-electron chi connectivity index (χ0n) is 12.1. The van der Waals surface area contributed by atoms with Crippen LogP contribution in [0.1, 0.15) is 36.9 Å². The Kier molecular flexibility index (Phi) is 4.46. The lowest BCUT2D eigenvalue weighted by Gasteiger charge is -2.43. The molecule has 0 bridgehead atoms. The molecule has 0 aliphatic carbocycles. The van der Waals surface area contributed by atoms with Crippen LogP contribution in [0.5, 0.6) is 0 Å². The predicted octanol–water partition coefficient (Wildman–Crippen LogP) is 3.06. The highest BCUT2D eigenvalue weighted by molar-refractivity contribution is 7.11. The number of rotatable bonds is 4. The summed E-state index contributed by atoms with van der Waals surface area (Å²) in [7, 11) is 0. The molecule has 1 aliphatic heterocycles. The fourth-order valence-electron chi connectivity index (χ4n) is 2.71. The molecule has 1 saturated heterocycles. The van der Waals surface area contributed by atoms with Gasteiger partial charge in [0.2, 0.25) is 0 Å². The average molecular weight is 266 g/mol. The average Bonchev–Trinajstić information content (AvgIpc) is 2.75. The Hall–Kier alpha value is -0.380. The van der Waals surface area contributed by atoms with E-state index in [1.54, 1.807) is 0 Å². The van der Waals surface area contributed by atoms with Crippen LogP contribution < -0.4 is 5.32 Å². The lowest BCUT2D eigenvalue weighted by atomic mass is 9.94. The van der Waals surface area contributed by atoms with E-state index in [1.807, 2.05) is 11.3 Å². The molecule has 1 fully saturated rings. The molecule has 1 aromatic heterocycles. The summed E-state index contributed by atoms with van der Waals surface area (Å²) in [5.41, 5.74) is 0.303. The van der Waals surface area contributed by atoms with Crippen LogP contribution in [0.25, 0.3) is 0 Å². The Morgan fingerprint density at radius 3 is 2.89 bits per heavy atom. The maximum absolute atomic E-state index is 3.66. The van der Waals surface area contributed by atoms with Crippen LogP contribution in [0.15, 0.2) is 12.1 Å². The summed E-state index contributed by atoms with van der Waals surface area (Å²) in [6.45, 7) is 12.7. The molecule has 0 spiro atoms. The monoisotopic (exact) mass is 266 g/mol. The quantitative estimate of drug-likeness (QED) is 0.901. The Labute approximate surface area is 115 Å². The first-order chi connectivity index (χ1) is 8.52. The molecular formula is C15H26N2S. The maximum atomic E-state index is 3.66. The molecule has 0 saturated carbocycles. The third-order valence-corrected chi connectivity index (χ3v) is 5.22. The molecule has 3 heteroatoms. The molecule has 2 nitrogen and oxygen atoms in total. The molecule has 1 aromatic rings. The number of nitrogens with one attached hydrogen (secondary N) is 1. The molecule has 2 unspecified atom stereocenters. The van der Waals surface area contributed by atoms with Crippen LogP contribution in [-0.4, -0.2) is 36.1 Å². The summed E-state index contributed by atoms with van der Waals surface area (Å²) in [5.74, 6) is 0. The maximum Gasteiger partial charge on any atom is 0.0278 e. The summed E-state index contributed by atoms with van der Waals surface area (Å²) in [6, 6.07) is 5.18. The normalized spacial score (nSPS) is 27.3. The van der Waals surface area contributed by atoms with E-state index in [2.05, 4.69) is 50.0 Å². The number of nitrogens with zero attached hydrogens (tertiary/aromatic N) is 1. The van der Waals surface area contributed by atoms with E-state index >= 15 is 0 Å². The van der Waals surface area contributed by atoms with Gasteiger partial charge in [0.1, 0.15) is 0 Å². The van der Waals surface area contributed by atoms with E-state index < -0.39 is 0 Å². The van der Waals surface area contributed by atoms with Crippen molar-refractivity contribution in [3.05, 3.63) is 21.9 Å². The molecular weight excluding hydrogens is 240 g/mol. The fourth-order valence-corrected chi connectivity index (χ4v) is 3.72. The first kappa shape index (κ1) is 14.0. The minimum absolute atomic E-state index is 0.303. The van der Waals surface area contributed by atoms with Gasteiger partial charge in [0.05, 0.1) is 0 Å². The number of piperazine rings is 1. The van der Waals surface area contributed by atoms with E-state index in [9.17, 15) is 0 Å². The Morgan fingerprint density at radius 1 is 1.50 bits per heavy atom. The summed E-state index contributed by atoms with van der Waals surface area (Å²) in [5, 5.41) is 3.66. The van der Waals surface area contributed by atoms with E-state index in [4.69, 9.17) is 0 Å². The van der Waals surface area contributed by atoms with E-state index in [1.165, 1.54) is 35.7 Å². The number of hydrogen-bond acceptors (Lipinski definition) is 3. The highest BCUT2D eigenvalue weighted by Crippen LogP contribution is 2.22. The van der Waals surface area contributed by atoms with Gasteiger partial charge in [-0.15, -0.1) is 11.3 Å². The SMILES string of the molecule is CCC1(C)CN(C(C)Cc2ccc(C)s2)CCN1. The standard InChI is InChI=1S/C15H26N2S/c1-5-15(4)11-17(9-8-16-15)12(2)10-14-7-6-13(3)18-14/h6-7,12,16H,5,8-11H2,1-4H3. The second kappa shape index (κ2) is 5.72. The molecule has 0 amide bonds. The van der Waals surface area contributed by atoms with Gasteiger partial charge in [-0.2, -0.15) is 0 Å². The van der Waals surface area contributed by atoms with Gasteiger partial charge in [0.25, 0.3) is 0 Å². The zero-order valence-corrected chi connectivity index (χ0v) is 12.9. The van der Waals surface area contributed by atoms with Crippen LogP contribution in [0, 0.1) is 6.92 Å². The highest BCUT2D eigenvalue weighted by atomic mass is 32.1. The van der Waals surface area contributed by atoms with Gasteiger partial charge >= 0.3 is 0 Å². The van der Waals surface area contributed by atoms with Gasteiger partial charge in [-0.05, 0) is 45.7 Å². The number of hydrogen-bond donors (Lipinski definition) is 1. The predicted molar refractivity (Wildman–Crippen MR) is 80.5 cm³/mol. The van der Waals surface area contributed by atoms with Gasteiger partial charge in [0, 0.05) is 41.0 Å². The lowest BCUT2D eigenvalue weighted by molar-refractivity contribution is 0.105. The Balaban J connectivity index is 1.94. The van der Waals surface area contributed by atoms with Crippen molar-refractivity contribution in [2.24, 2.45) is 0 Å². The van der Waals surface area contributed by atoms with Gasteiger partial charge in [0.15, 0.2) is 0 Å². The summed E-state index contributed by atoms with van der Waals surface area (Å²) < 4.78 is 0. The van der Waals surface area contributed by atoms with Crippen molar-refractivity contribution in [3.8, 4) is 0 Å². The molecule has 0 aromatic carbocycles. The second-order valence-electron chi connectivity index (χ2n) is 5.88. The summed E-state index contributed by atoms with van der Waals surface area (Å²) in [6.07, 6.45) is 2.40. The van der Waals surface area contributed by atoms with Gasteiger partial charge in [-0.25, -0.2) is 0 Å². The minimum atomic E-state index is 0.303. The summed E-state index contributed by atoms with van der Waals surface area (Å²) >= 11 is 1.94. The van der Waals surface area contributed by atoms with E-state index in [-0.39, 0.29) is 0 Å². The van der Waals surface area contributed by atoms with E-state index in [0.717, 1.165) is 6.54 Å². The van der Waals surface area contributed by atoms with Crippen molar-refractivity contribution in [1.29, 1.82) is 0 Å². The van der Waals surface area contributed by atoms with Crippen LogP contribution in [0.2, 0.25) is 0 Å². The Morgan fingerprint density at radius 2 is 2.28 bits per heavy atom. The Bertz CT molecular complexity index is 388. The third kappa shape index (κ3) is 3.34. The van der Waals surface area contributed by atoms with Crippen LogP contribution in [0.3, 0.4) is 0 Å². The van der Waals surface area contributed by atoms with Crippen LogP contribution >= 0.6 is 11.3 Å². The third-order valence-electron chi connectivity index (χ3n) is 4.20. The molecule has 1 aliphatic rings. The lowest BCUT2D eigenvalue weighted by Crippen LogP contribution is -2.60. The molecule has 2 heterocycles. The molecule has 102 valence electrons. The van der Waals surface area contributed by atoms with Crippen molar-refractivity contribution < 1.29 is 0 Å². The van der Waals surface area contributed by atoms with Crippen molar-refractivity contribution in [1.82, 2.24) is 10.2 Å². The molecule has 18 heavy (non-hydrogen) atoms. The van der Waals surface area contributed by atoms with Gasteiger partial charge in [-0.3, -0.25) is 4.90 Å². The smallest absolute Gasteiger partial charge is 0.0278 e. The van der Waals surface area contributed by atoms with Gasteiger partial charge in [-0.1, -0.05) is 6.92 Å². The molecule has 2 rings (SSSR count). The highest BCUT2D eigenvalue weighted by Gasteiger charge is 2.30. The zero-order chi connectivity index (χ0) is 13.2. The first-order valence-corrected chi connectivity index (χ1v) is 7.88. The van der Waals surface area contributed by atoms with Crippen molar-refractivity contribution in [2.45, 2.75) is 52.1 Å². The molecule has 2 atom stereocenters. The van der Waals surface area contributed by atoms with Crippen molar-refractivity contribution in [2.75, 3.05) is 19.6 Å².